The standard InChI is InChI=1S/C11H14N4/c1-3-9(2)11(15-14-8-12)10-6-4-5-7-13-10/h3-8H,1-2H3,(H2,12,14)/b9-3?,15-11-. The van der Waals surface area contributed by atoms with Crippen LogP contribution in [0.1, 0.15) is 19.5 Å². The van der Waals surface area contributed by atoms with Crippen LogP contribution >= 0.6 is 0 Å². The molecule has 4 heteroatoms. The van der Waals surface area contributed by atoms with Gasteiger partial charge in [0.25, 0.3) is 0 Å². The van der Waals surface area contributed by atoms with Gasteiger partial charge < -0.3 is 5.73 Å². The third-order valence-electron chi connectivity index (χ3n) is 1.94. The zero-order valence-electron chi connectivity index (χ0n) is 8.88. The molecular formula is C11H14N4. The normalized spacial score (nSPS) is 13.5. The van der Waals surface area contributed by atoms with Crippen molar-refractivity contribution in [3.8, 4) is 0 Å². The maximum absolute atomic E-state index is 5.16. The molecule has 0 saturated heterocycles. The molecule has 15 heavy (non-hydrogen) atoms. The van der Waals surface area contributed by atoms with E-state index in [-0.39, 0.29) is 0 Å². The molecule has 0 bridgehead atoms. The van der Waals surface area contributed by atoms with Crippen LogP contribution in [0.3, 0.4) is 0 Å². The van der Waals surface area contributed by atoms with E-state index in [1.54, 1.807) is 6.20 Å². The fraction of sp³-hybridized carbons (Fsp3) is 0.182. The molecule has 0 amide bonds. The van der Waals surface area contributed by atoms with Gasteiger partial charge in [-0.3, -0.25) is 4.98 Å². The van der Waals surface area contributed by atoms with Gasteiger partial charge in [0.05, 0.1) is 5.69 Å². The summed E-state index contributed by atoms with van der Waals surface area (Å²) in [7, 11) is 0. The smallest absolute Gasteiger partial charge is 0.114 e. The van der Waals surface area contributed by atoms with Crippen molar-refractivity contribution in [2.24, 2.45) is 15.9 Å². The van der Waals surface area contributed by atoms with Crippen LogP contribution in [0.2, 0.25) is 0 Å². The summed E-state index contributed by atoms with van der Waals surface area (Å²) in [6.07, 6.45) is 4.84. The van der Waals surface area contributed by atoms with Gasteiger partial charge in [-0.15, -0.1) is 10.2 Å². The van der Waals surface area contributed by atoms with E-state index in [1.807, 2.05) is 38.1 Å². The Morgan fingerprint density at radius 3 is 2.80 bits per heavy atom. The SMILES string of the molecule is CC=C(C)/C(=N/N=CN)c1ccccn1. The van der Waals surface area contributed by atoms with E-state index in [1.165, 1.54) is 0 Å². The second-order valence-electron chi connectivity index (χ2n) is 2.90. The molecular weight excluding hydrogens is 188 g/mol. The molecule has 1 rings (SSSR count). The number of hydrogen-bond acceptors (Lipinski definition) is 3. The summed E-state index contributed by atoms with van der Waals surface area (Å²) in [5, 5.41) is 7.69. The van der Waals surface area contributed by atoms with Crippen LogP contribution in [0, 0.1) is 0 Å². The molecule has 0 saturated carbocycles. The number of aromatic nitrogens is 1. The average molecular weight is 202 g/mol. The van der Waals surface area contributed by atoms with Crippen molar-refractivity contribution < 1.29 is 0 Å². The summed E-state index contributed by atoms with van der Waals surface area (Å²) in [6.45, 7) is 3.90. The first kappa shape index (κ1) is 11.1. The van der Waals surface area contributed by atoms with Gasteiger partial charge in [0.2, 0.25) is 0 Å². The predicted octanol–water partition coefficient (Wildman–Crippen LogP) is 1.74. The van der Waals surface area contributed by atoms with Crippen LogP contribution in [0.4, 0.5) is 0 Å². The Morgan fingerprint density at radius 1 is 1.47 bits per heavy atom. The van der Waals surface area contributed by atoms with Crippen molar-refractivity contribution in [2.75, 3.05) is 0 Å². The highest BCUT2D eigenvalue weighted by Gasteiger charge is 2.05. The van der Waals surface area contributed by atoms with Gasteiger partial charge in [0.15, 0.2) is 0 Å². The van der Waals surface area contributed by atoms with Crippen molar-refractivity contribution >= 4 is 12.1 Å². The van der Waals surface area contributed by atoms with Crippen molar-refractivity contribution in [3.05, 3.63) is 41.7 Å². The molecule has 1 aromatic rings. The van der Waals surface area contributed by atoms with Gasteiger partial charge in [-0.1, -0.05) is 12.1 Å². The lowest BCUT2D eigenvalue weighted by molar-refractivity contribution is 1.20. The summed E-state index contributed by atoms with van der Waals surface area (Å²) in [5.74, 6) is 0. The van der Waals surface area contributed by atoms with Crippen LogP contribution in [-0.2, 0) is 0 Å². The van der Waals surface area contributed by atoms with Crippen LogP contribution in [-0.4, -0.2) is 17.0 Å². The summed E-state index contributed by atoms with van der Waals surface area (Å²) in [6, 6.07) is 5.66. The minimum atomic E-state index is 0.736. The van der Waals surface area contributed by atoms with Crippen LogP contribution in [0.25, 0.3) is 0 Å². The molecule has 0 fully saturated rings. The second-order valence-corrected chi connectivity index (χ2v) is 2.90. The van der Waals surface area contributed by atoms with E-state index in [2.05, 4.69) is 15.2 Å². The molecule has 78 valence electrons. The number of nitrogens with zero attached hydrogens (tertiary/aromatic N) is 3. The number of allylic oxidation sites excluding steroid dienone is 2. The lowest BCUT2D eigenvalue weighted by Crippen LogP contribution is -2.04. The summed E-state index contributed by atoms with van der Waals surface area (Å²) < 4.78 is 0. The van der Waals surface area contributed by atoms with Crippen molar-refractivity contribution in [2.45, 2.75) is 13.8 Å². The van der Waals surface area contributed by atoms with Gasteiger partial charge >= 0.3 is 0 Å². The van der Waals surface area contributed by atoms with E-state index in [4.69, 9.17) is 5.73 Å². The van der Waals surface area contributed by atoms with E-state index in [0.717, 1.165) is 23.3 Å². The maximum Gasteiger partial charge on any atom is 0.114 e. The molecule has 1 heterocycles. The highest BCUT2D eigenvalue weighted by molar-refractivity contribution is 6.10. The second kappa shape index (κ2) is 5.70. The largest absolute Gasteiger partial charge is 0.388 e. The molecule has 4 nitrogen and oxygen atoms in total. The first-order chi connectivity index (χ1) is 7.29. The van der Waals surface area contributed by atoms with Crippen LogP contribution < -0.4 is 5.73 Å². The van der Waals surface area contributed by atoms with Crippen molar-refractivity contribution in [1.29, 1.82) is 0 Å². The van der Waals surface area contributed by atoms with Crippen molar-refractivity contribution in [3.63, 3.8) is 0 Å². The quantitative estimate of drug-likeness (QED) is 0.461. The Bertz CT molecular complexity index is 390. The molecule has 0 unspecified atom stereocenters. The third-order valence-corrected chi connectivity index (χ3v) is 1.94. The minimum Gasteiger partial charge on any atom is -0.388 e. The van der Waals surface area contributed by atoms with Gasteiger partial charge in [0.1, 0.15) is 12.1 Å². The molecule has 0 spiro atoms. The van der Waals surface area contributed by atoms with Gasteiger partial charge in [0, 0.05) is 6.20 Å². The number of rotatable bonds is 3. The molecule has 2 N–H and O–H groups in total. The molecule has 0 aliphatic carbocycles. The Balaban J connectivity index is 3.13. The zero-order valence-corrected chi connectivity index (χ0v) is 8.88. The predicted molar refractivity (Wildman–Crippen MR) is 62.9 cm³/mol. The van der Waals surface area contributed by atoms with Crippen LogP contribution in [0.5, 0.6) is 0 Å². The fourth-order valence-electron chi connectivity index (χ4n) is 1.06. The zero-order chi connectivity index (χ0) is 11.1. The lowest BCUT2D eigenvalue weighted by Gasteiger charge is -2.03. The highest BCUT2D eigenvalue weighted by atomic mass is 15.2. The molecule has 1 aromatic heterocycles. The van der Waals surface area contributed by atoms with Gasteiger partial charge in [-0.25, -0.2) is 0 Å². The van der Waals surface area contributed by atoms with E-state index in [0.29, 0.717) is 0 Å². The van der Waals surface area contributed by atoms with Gasteiger partial charge in [-0.05, 0) is 31.6 Å². The molecule has 0 aliphatic heterocycles. The van der Waals surface area contributed by atoms with Gasteiger partial charge in [-0.2, -0.15) is 0 Å². The number of hydrogen-bond donors (Lipinski definition) is 1. The van der Waals surface area contributed by atoms with E-state index < -0.39 is 0 Å². The van der Waals surface area contributed by atoms with E-state index in [9.17, 15) is 0 Å². The molecule has 0 aliphatic rings. The Labute approximate surface area is 89.3 Å². The fourth-order valence-corrected chi connectivity index (χ4v) is 1.06. The van der Waals surface area contributed by atoms with E-state index >= 15 is 0 Å². The molecule has 0 radical (unpaired) electrons. The maximum atomic E-state index is 5.16. The monoisotopic (exact) mass is 202 g/mol. The minimum absolute atomic E-state index is 0.736. The molecule has 0 atom stereocenters. The Morgan fingerprint density at radius 2 is 2.27 bits per heavy atom. The molecule has 0 aromatic carbocycles. The topological polar surface area (TPSA) is 63.6 Å². The first-order valence-electron chi connectivity index (χ1n) is 4.65. The summed E-state index contributed by atoms with van der Waals surface area (Å²) in [5.41, 5.74) is 7.70. The summed E-state index contributed by atoms with van der Waals surface area (Å²) in [4.78, 5) is 4.21. The third kappa shape index (κ3) is 3.02. The summed E-state index contributed by atoms with van der Waals surface area (Å²) >= 11 is 0. The number of pyridine rings is 1. The average Bonchev–Trinajstić information content (AvgIpc) is 2.30. The van der Waals surface area contributed by atoms with Crippen molar-refractivity contribution in [1.82, 2.24) is 4.98 Å². The van der Waals surface area contributed by atoms with Crippen LogP contribution in [0.15, 0.2) is 46.2 Å². The Kier molecular flexibility index (Phi) is 4.22. The Hall–Kier alpha value is -1.97. The number of nitrogens with two attached hydrogens (primary N) is 1. The first-order valence-corrected chi connectivity index (χ1v) is 4.65. The highest BCUT2D eigenvalue weighted by Crippen LogP contribution is 2.06. The lowest BCUT2D eigenvalue weighted by atomic mass is 10.1.